The Hall–Kier alpha value is -4.91. The first-order chi connectivity index (χ1) is 20.9. The second-order valence-electron chi connectivity index (χ2n) is 11.7. The summed E-state index contributed by atoms with van der Waals surface area (Å²) in [7, 11) is 2.12. The van der Waals surface area contributed by atoms with Crippen LogP contribution in [0.3, 0.4) is 0 Å². The van der Waals surface area contributed by atoms with Crippen molar-refractivity contribution in [3.63, 3.8) is 0 Å². The molecule has 7 nitrogen and oxygen atoms in total. The quantitative estimate of drug-likeness (QED) is 0.253. The van der Waals surface area contributed by atoms with E-state index in [0.29, 0.717) is 0 Å². The third-order valence-corrected chi connectivity index (χ3v) is 9.52. The predicted molar refractivity (Wildman–Crippen MR) is 178 cm³/mol. The van der Waals surface area contributed by atoms with E-state index in [-0.39, 0.29) is 17.7 Å². The van der Waals surface area contributed by atoms with E-state index in [1.165, 1.54) is 5.56 Å². The molecule has 0 N–H and O–H groups in total. The minimum Gasteiger partial charge on any atom is -0.332 e. The van der Waals surface area contributed by atoms with Crippen molar-refractivity contribution in [3.8, 4) is 0 Å². The molecule has 3 unspecified atom stereocenters. The van der Waals surface area contributed by atoms with Crippen LogP contribution in [0, 0.1) is 0 Å². The number of hydrogen-bond donors (Lipinski definition) is 0. The molecule has 0 spiro atoms. The first-order valence-corrected chi connectivity index (χ1v) is 15.0. The fraction of sp³-hybridized carbons (Fsp3) is 0.250. The van der Waals surface area contributed by atoms with Gasteiger partial charge in [0.1, 0.15) is 0 Å². The normalized spacial score (nSPS) is 22.9. The lowest BCUT2D eigenvalue weighted by atomic mass is 9.70. The van der Waals surface area contributed by atoms with E-state index >= 15 is 0 Å². The maximum Gasteiger partial charge on any atom is 0.178 e. The summed E-state index contributed by atoms with van der Waals surface area (Å²) in [6, 6.07) is 27.9. The molecule has 4 aromatic rings. The number of rotatable bonds is 3. The van der Waals surface area contributed by atoms with Crippen molar-refractivity contribution in [2.45, 2.75) is 51.9 Å². The average Bonchev–Trinajstić information content (AvgIpc) is 3.59. The smallest absolute Gasteiger partial charge is 0.178 e. The number of anilines is 5. The number of nitrogens with zero attached hydrogens (tertiary/aromatic N) is 7. The predicted octanol–water partition coefficient (Wildman–Crippen LogP) is 7.72. The van der Waals surface area contributed by atoms with Gasteiger partial charge in [-0.15, -0.1) is 0 Å². The molecule has 7 heteroatoms. The van der Waals surface area contributed by atoms with Gasteiger partial charge in [0, 0.05) is 36.1 Å². The minimum atomic E-state index is -0.355. The van der Waals surface area contributed by atoms with Crippen molar-refractivity contribution in [3.05, 3.63) is 121 Å². The standard InChI is InChI=1S/C36H37N7/c1-7-24(3)31-39-43-30-21-15-13-19-28(30)36(5,8-2)25(4)27-18-12-14-20-29(27)42-33-32(37-22-23-38-33)40(6)34(42)35(43)41(31)26-16-10-9-11-17-26/h7,9-23,34-35H,4,8H2,1-3,5-6H3/b24-7+. The number of aromatic nitrogens is 2. The van der Waals surface area contributed by atoms with Crippen LogP contribution >= 0.6 is 0 Å². The number of allylic oxidation sites excluding steroid dienone is 2. The molecule has 0 bridgehead atoms. The number of likely N-dealkylation sites (N-methyl/N-ethyl adjacent to an activating group) is 1. The molecule has 3 aliphatic rings. The maximum absolute atomic E-state index is 5.48. The minimum absolute atomic E-state index is 0.239. The molecule has 4 heterocycles. The Bertz CT molecular complexity index is 1780. The van der Waals surface area contributed by atoms with Crippen molar-refractivity contribution in [2.24, 2.45) is 5.10 Å². The Kier molecular flexibility index (Phi) is 6.34. The summed E-state index contributed by atoms with van der Waals surface area (Å²) < 4.78 is 0. The molecule has 1 aromatic heterocycles. The summed E-state index contributed by atoms with van der Waals surface area (Å²) in [5.74, 6) is 2.58. The van der Waals surface area contributed by atoms with Gasteiger partial charge in [0.05, 0.1) is 11.4 Å². The summed E-state index contributed by atoms with van der Waals surface area (Å²) in [4.78, 5) is 16.8. The first kappa shape index (κ1) is 27.0. The molecule has 43 heavy (non-hydrogen) atoms. The van der Waals surface area contributed by atoms with Crippen molar-refractivity contribution >= 4 is 40.1 Å². The first-order valence-electron chi connectivity index (χ1n) is 15.0. The summed E-state index contributed by atoms with van der Waals surface area (Å²) >= 11 is 0. The molecule has 0 saturated carbocycles. The molecule has 216 valence electrons. The van der Waals surface area contributed by atoms with Gasteiger partial charge in [-0.3, -0.25) is 9.80 Å². The molecule has 7 rings (SSSR count). The molecule has 0 fully saturated rings. The average molecular weight is 568 g/mol. The highest BCUT2D eigenvalue weighted by Crippen LogP contribution is 2.53. The van der Waals surface area contributed by atoms with Crippen LogP contribution in [0.15, 0.2) is 115 Å². The topological polar surface area (TPSA) is 51.1 Å². The largest absolute Gasteiger partial charge is 0.332 e. The van der Waals surface area contributed by atoms with Crippen LogP contribution in [0.2, 0.25) is 0 Å². The third kappa shape index (κ3) is 3.84. The van der Waals surface area contributed by atoms with Crippen LogP contribution in [0.1, 0.15) is 45.2 Å². The monoisotopic (exact) mass is 567 g/mol. The Morgan fingerprint density at radius 2 is 1.51 bits per heavy atom. The maximum atomic E-state index is 5.48. The van der Waals surface area contributed by atoms with E-state index in [0.717, 1.165) is 57.7 Å². The SMILES string of the molecule is C=C1c2ccccc2N2c3nccnc3N(C)C2C2N(N=C(/C(C)=C/C)N2c2ccccc2)c2ccccc2C1(C)CC. The van der Waals surface area contributed by atoms with E-state index in [4.69, 9.17) is 21.6 Å². The number of hydrazone groups is 1. The summed E-state index contributed by atoms with van der Waals surface area (Å²) in [5.41, 5.74) is 7.35. The highest BCUT2D eigenvalue weighted by molar-refractivity contribution is 6.12. The summed E-state index contributed by atoms with van der Waals surface area (Å²) in [5, 5.41) is 7.71. The zero-order valence-electron chi connectivity index (χ0n) is 25.4. The Morgan fingerprint density at radius 1 is 0.860 bits per heavy atom. The van der Waals surface area contributed by atoms with Gasteiger partial charge < -0.3 is 4.90 Å². The fourth-order valence-corrected chi connectivity index (χ4v) is 6.86. The van der Waals surface area contributed by atoms with Crippen LogP contribution in [0.4, 0.5) is 28.7 Å². The lowest BCUT2D eigenvalue weighted by Crippen LogP contribution is -2.60. The zero-order chi connectivity index (χ0) is 29.9. The number of para-hydroxylation sites is 3. The zero-order valence-corrected chi connectivity index (χ0v) is 25.4. The molecular formula is C36H37N7. The van der Waals surface area contributed by atoms with E-state index in [9.17, 15) is 0 Å². The van der Waals surface area contributed by atoms with Crippen molar-refractivity contribution in [2.75, 3.05) is 26.8 Å². The number of fused-ring (bicyclic) bond motifs is 9. The van der Waals surface area contributed by atoms with Crippen LogP contribution in [-0.4, -0.2) is 35.2 Å². The summed E-state index contributed by atoms with van der Waals surface area (Å²) in [6.45, 7) is 13.6. The third-order valence-electron chi connectivity index (χ3n) is 9.52. The van der Waals surface area contributed by atoms with Crippen molar-refractivity contribution < 1.29 is 0 Å². The second kappa shape index (κ2) is 10.1. The molecule has 0 aliphatic carbocycles. The van der Waals surface area contributed by atoms with Crippen LogP contribution < -0.4 is 19.7 Å². The Labute approximate surface area is 254 Å². The lowest BCUT2D eigenvalue weighted by Gasteiger charge is -2.45. The van der Waals surface area contributed by atoms with Crippen LogP contribution in [0.5, 0.6) is 0 Å². The van der Waals surface area contributed by atoms with E-state index in [2.05, 4.69) is 139 Å². The van der Waals surface area contributed by atoms with E-state index in [1.54, 1.807) is 12.4 Å². The molecular weight excluding hydrogens is 530 g/mol. The van der Waals surface area contributed by atoms with Gasteiger partial charge in [0.15, 0.2) is 29.8 Å². The molecule has 0 amide bonds. The van der Waals surface area contributed by atoms with Gasteiger partial charge in [-0.2, -0.15) is 5.10 Å². The van der Waals surface area contributed by atoms with Gasteiger partial charge in [0.2, 0.25) is 0 Å². The second-order valence-corrected chi connectivity index (χ2v) is 11.7. The lowest BCUT2D eigenvalue weighted by molar-refractivity contribution is 0.510. The molecule has 3 atom stereocenters. The molecule has 3 aromatic carbocycles. The fourth-order valence-electron chi connectivity index (χ4n) is 6.86. The molecule has 3 aliphatic heterocycles. The number of amidine groups is 1. The van der Waals surface area contributed by atoms with Gasteiger partial charge in [-0.05, 0) is 61.2 Å². The summed E-state index contributed by atoms with van der Waals surface area (Å²) in [6.07, 6.45) is 6.06. The van der Waals surface area contributed by atoms with Gasteiger partial charge in [-0.25, -0.2) is 15.0 Å². The number of hydrogen-bond acceptors (Lipinski definition) is 7. The molecule has 0 saturated heterocycles. The van der Waals surface area contributed by atoms with Crippen molar-refractivity contribution in [1.82, 2.24) is 9.97 Å². The Morgan fingerprint density at radius 3 is 2.23 bits per heavy atom. The number of benzene rings is 3. The van der Waals surface area contributed by atoms with Gasteiger partial charge in [0.25, 0.3) is 0 Å². The van der Waals surface area contributed by atoms with Gasteiger partial charge in [-0.1, -0.05) is 81.1 Å². The highest BCUT2D eigenvalue weighted by atomic mass is 15.7. The van der Waals surface area contributed by atoms with Crippen LogP contribution in [-0.2, 0) is 5.41 Å². The Balaban J connectivity index is 1.61. The molecule has 0 radical (unpaired) electrons. The van der Waals surface area contributed by atoms with Crippen LogP contribution in [0.25, 0.3) is 5.57 Å². The highest BCUT2D eigenvalue weighted by Gasteiger charge is 2.53. The van der Waals surface area contributed by atoms with Gasteiger partial charge >= 0.3 is 0 Å². The van der Waals surface area contributed by atoms with Crippen molar-refractivity contribution in [1.29, 1.82) is 0 Å². The van der Waals surface area contributed by atoms with E-state index < -0.39 is 0 Å². The van der Waals surface area contributed by atoms with E-state index in [1.807, 2.05) is 0 Å².